The van der Waals surface area contributed by atoms with E-state index in [9.17, 15) is 9.18 Å². The average molecular weight is 350 g/mol. The highest BCUT2D eigenvalue weighted by Crippen LogP contribution is 2.50. The number of nitrogens with one attached hydrogen (secondary N) is 1. The number of carbonyl (C=O) groups is 1. The van der Waals surface area contributed by atoms with Crippen LogP contribution < -0.4 is 14.8 Å². The van der Waals surface area contributed by atoms with Crippen molar-refractivity contribution in [2.45, 2.75) is 18.3 Å². The maximum atomic E-state index is 14.1. The third kappa shape index (κ3) is 2.80. The molecule has 1 saturated carbocycles. The minimum absolute atomic E-state index is 0.276. The zero-order valence-corrected chi connectivity index (χ0v) is 14.1. The Bertz CT molecular complexity index is 790. The molecule has 2 aromatic carbocycles. The number of carbonyl (C=O) groups excluding carboxylic acids is 1. The number of hydrogen-bond donors (Lipinski definition) is 1. The van der Waals surface area contributed by atoms with E-state index in [4.69, 9.17) is 21.1 Å². The molecule has 3 rings (SSSR count). The van der Waals surface area contributed by atoms with Gasteiger partial charge in [0.15, 0.2) is 11.5 Å². The van der Waals surface area contributed by atoms with Crippen molar-refractivity contribution in [1.82, 2.24) is 0 Å². The summed E-state index contributed by atoms with van der Waals surface area (Å²) in [6.45, 7) is 0. The van der Waals surface area contributed by atoms with Gasteiger partial charge < -0.3 is 14.8 Å². The summed E-state index contributed by atoms with van der Waals surface area (Å²) in [5, 5.41) is 3.12. The van der Waals surface area contributed by atoms with Gasteiger partial charge in [-0.05, 0) is 18.9 Å². The third-order valence-corrected chi connectivity index (χ3v) is 4.61. The number of hydrogen-bond acceptors (Lipinski definition) is 3. The minimum Gasteiger partial charge on any atom is -0.493 e. The van der Waals surface area contributed by atoms with Crippen molar-refractivity contribution in [2.24, 2.45) is 0 Å². The highest BCUT2D eigenvalue weighted by atomic mass is 35.5. The molecule has 0 saturated heterocycles. The van der Waals surface area contributed by atoms with Crippen LogP contribution >= 0.6 is 11.6 Å². The van der Waals surface area contributed by atoms with E-state index in [0.717, 1.165) is 0 Å². The molecule has 24 heavy (non-hydrogen) atoms. The van der Waals surface area contributed by atoms with E-state index in [-0.39, 0.29) is 11.7 Å². The molecule has 0 aliphatic heterocycles. The first-order valence-corrected chi connectivity index (χ1v) is 7.87. The first-order chi connectivity index (χ1) is 11.5. The molecule has 0 atom stereocenters. The number of methoxy groups -OCH3 is 2. The molecule has 1 amide bonds. The van der Waals surface area contributed by atoms with E-state index in [1.165, 1.54) is 20.3 Å². The lowest BCUT2D eigenvalue weighted by Gasteiger charge is -2.18. The van der Waals surface area contributed by atoms with Crippen molar-refractivity contribution in [3.63, 3.8) is 0 Å². The van der Waals surface area contributed by atoms with E-state index in [1.807, 2.05) is 0 Å². The lowest BCUT2D eigenvalue weighted by atomic mass is 9.94. The highest BCUT2D eigenvalue weighted by Gasteiger charge is 2.52. The summed E-state index contributed by atoms with van der Waals surface area (Å²) in [5.41, 5.74) is -0.0111. The number of anilines is 1. The molecule has 6 heteroatoms. The normalized spacial score (nSPS) is 14.8. The van der Waals surface area contributed by atoms with Crippen LogP contribution in [0.2, 0.25) is 5.02 Å². The maximum absolute atomic E-state index is 14.1. The van der Waals surface area contributed by atoms with Gasteiger partial charge in [0.25, 0.3) is 0 Å². The van der Waals surface area contributed by atoms with Crippen LogP contribution in [0.15, 0.2) is 36.4 Å². The van der Waals surface area contributed by atoms with Gasteiger partial charge >= 0.3 is 0 Å². The molecule has 0 radical (unpaired) electrons. The number of amides is 1. The zero-order valence-electron chi connectivity index (χ0n) is 13.4. The Morgan fingerprint density at radius 1 is 1.17 bits per heavy atom. The fourth-order valence-electron chi connectivity index (χ4n) is 2.78. The van der Waals surface area contributed by atoms with Crippen molar-refractivity contribution in [3.05, 3.63) is 52.8 Å². The van der Waals surface area contributed by atoms with Gasteiger partial charge in [-0.25, -0.2) is 4.39 Å². The standard InChI is InChI=1S/C18H17ClFNO3/c1-23-15-9-12(19)14(10-16(15)24-2)21-17(22)18(7-8-18)11-5-3-4-6-13(11)20/h3-6,9-10H,7-8H2,1-2H3,(H,21,22). The summed E-state index contributed by atoms with van der Waals surface area (Å²) in [6.07, 6.45) is 1.20. The number of halogens is 2. The van der Waals surface area contributed by atoms with Crippen LogP contribution in [0, 0.1) is 5.82 Å². The zero-order chi connectivity index (χ0) is 17.3. The third-order valence-electron chi connectivity index (χ3n) is 4.30. The van der Waals surface area contributed by atoms with Crippen molar-refractivity contribution in [3.8, 4) is 11.5 Å². The molecule has 0 heterocycles. The second-order valence-corrected chi connectivity index (χ2v) is 6.11. The first kappa shape index (κ1) is 16.6. The van der Waals surface area contributed by atoms with Gasteiger partial charge in [0.05, 0.1) is 30.3 Å². The van der Waals surface area contributed by atoms with Gasteiger partial charge in [-0.15, -0.1) is 0 Å². The van der Waals surface area contributed by atoms with Crippen molar-refractivity contribution in [1.29, 1.82) is 0 Å². The Hall–Kier alpha value is -2.27. The van der Waals surface area contributed by atoms with E-state index in [1.54, 1.807) is 30.3 Å². The summed E-state index contributed by atoms with van der Waals surface area (Å²) in [6, 6.07) is 9.52. The first-order valence-electron chi connectivity index (χ1n) is 7.50. The SMILES string of the molecule is COc1cc(Cl)c(NC(=O)C2(c3ccccc3F)CC2)cc1OC. The van der Waals surface area contributed by atoms with E-state index in [0.29, 0.717) is 40.6 Å². The molecule has 4 nitrogen and oxygen atoms in total. The molecule has 0 unspecified atom stereocenters. The van der Waals surface area contributed by atoms with Crippen LogP contribution in [0.3, 0.4) is 0 Å². The van der Waals surface area contributed by atoms with Crippen LogP contribution in [0.1, 0.15) is 18.4 Å². The minimum atomic E-state index is -0.832. The van der Waals surface area contributed by atoms with E-state index < -0.39 is 5.41 Å². The Balaban J connectivity index is 1.89. The Labute approximate surface area is 144 Å². The maximum Gasteiger partial charge on any atom is 0.235 e. The lowest BCUT2D eigenvalue weighted by molar-refractivity contribution is -0.118. The van der Waals surface area contributed by atoms with Gasteiger partial charge in [0.2, 0.25) is 5.91 Å². The summed E-state index contributed by atoms with van der Waals surface area (Å²) >= 11 is 6.20. The van der Waals surface area contributed by atoms with Gasteiger partial charge in [-0.1, -0.05) is 29.8 Å². The largest absolute Gasteiger partial charge is 0.493 e. The van der Waals surface area contributed by atoms with Crippen LogP contribution in [0.5, 0.6) is 11.5 Å². The topological polar surface area (TPSA) is 47.6 Å². The van der Waals surface area contributed by atoms with Gasteiger partial charge in [0.1, 0.15) is 5.82 Å². The second kappa shape index (κ2) is 6.32. The smallest absolute Gasteiger partial charge is 0.235 e. The van der Waals surface area contributed by atoms with Crippen LogP contribution in [-0.4, -0.2) is 20.1 Å². The number of rotatable bonds is 5. The van der Waals surface area contributed by atoms with Crippen molar-refractivity contribution >= 4 is 23.2 Å². The van der Waals surface area contributed by atoms with Crippen LogP contribution in [0.25, 0.3) is 0 Å². The van der Waals surface area contributed by atoms with Crippen molar-refractivity contribution in [2.75, 3.05) is 19.5 Å². The summed E-state index contributed by atoms with van der Waals surface area (Å²) in [5.74, 6) is 0.272. The average Bonchev–Trinajstić information content (AvgIpc) is 3.38. The van der Waals surface area contributed by atoms with Crippen LogP contribution in [0.4, 0.5) is 10.1 Å². The Morgan fingerprint density at radius 2 is 1.79 bits per heavy atom. The molecule has 0 aromatic heterocycles. The van der Waals surface area contributed by atoms with Gasteiger partial charge in [-0.2, -0.15) is 0 Å². The molecule has 1 N–H and O–H groups in total. The van der Waals surface area contributed by atoms with E-state index >= 15 is 0 Å². The molecule has 1 aliphatic rings. The number of benzene rings is 2. The quantitative estimate of drug-likeness (QED) is 0.881. The lowest BCUT2D eigenvalue weighted by Crippen LogP contribution is -2.28. The van der Waals surface area contributed by atoms with Crippen molar-refractivity contribution < 1.29 is 18.7 Å². The molecule has 1 fully saturated rings. The Kier molecular flexibility index (Phi) is 4.37. The van der Waals surface area contributed by atoms with Crippen LogP contribution in [-0.2, 0) is 10.2 Å². The molecular formula is C18H17ClFNO3. The second-order valence-electron chi connectivity index (χ2n) is 5.70. The molecule has 126 valence electrons. The predicted octanol–water partition coefficient (Wildman–Crippen LogP) is 4.17. The van der Waals surface area contributed by atoms with E-state index in [2.05, 4.69) is 5.32 Å². The summed E-state index contributed by atoms with van der Waals surface area (Å²) in [7, 11) is 3.00. The van der Waals surface area contributed by atoms with Gasteiger partial charge in [-0.3, -0.25) is 4.79 Å². The summed E-state index contributed by atoms with van der Waals surface area (Å²) < 4.78 is 24.5. The fraction of sp³-hybridized carbons (Fsp3) is 0.278. The van der Waals surface area contributed by atoms with Gasteiger partial charge in [0, 0.05) is 17.7 Å². The molecule has 0 bridgehead atoms. The molecular weight excluding hydrogens is 333 g/mol. The monoisotopic (exact) mass is 349 g/mol. The molecule has 0 spiro atoms. The highest BCUT2D eigenvalue weighted by molar-refractivity contribution is 6.34. The molecule has 2 aromatic rings. The summed E-state index contributed by atoms with van der Waals surface area (Å²) in [4.78, 5) is 12.7. The predicted molar refractivity (Wildman–Crippen MR) is 90.5 cm³/mol. The fourth-order valence-corrected chi connectivity index (χ4v) is 2.99. The Morgan fingerprint density at radius 3 is 2.38 bits per heavy atom. The molecule has 1 aliphatic carbocycles. The number of ether oxygens (including phenoxy) is 2.